The van der Waals surface area contributed by atoms with E-state index in [0.717, 1.165) is 16.3 Å². The number of fused-ring (bicyclic) bond motifs is 1. The molecule has 150 valence electrons. The fourth-order valence-electron chi connectivity index (χ4n) is 3.07. The van der Waals surface area contributed by atoms with Crippen LogP contribution in [0.25, 0.3) is 22.0 Å². The van der Waals surface area contributed by atoms with Crippen LogP contribution in [0.15, 0.2) is 71.8 Å². The number of aromatic amines is 1. The number of amides is 1. The molecule has 7 nitrogen and oxygen atoms in total. The van der Waals surface area contributed by atoms with E-state index in [2.05, 4.69) is 20.7 Å². The number of carbonyl (C=O) groups excluding carboxylic acids is 1. The smallest absolute Gasteiger partial charge is 0.289 e. The van der Waals surface area contributed by atoms with Crippen molar-refractivity contribution in [1.29, 1.82) is 0 Å². The summed E-state index contributed by atoms with van der Waals surface area (Å²) in [5.41, 5.74) is 4.71. The van der Waals surface area contributed by atoms with E-state index in [1.54, 1.807) is 24.3 Å². The molecule has 1 heterocycles. The van der Waals surface area contributed by atoms with E-state index in [9.17, 15) is 9.90 Å². The van der Waals surface area contributed by atoms with Crippen molar-refractivity contribution in [1.82, 2.24) is 15.6 Å². The lowest BCUT2D eigenvalue weighted by atomic mass is 10.1. The summed E-state index contributed by atoms with van der Waals surface area (Å²) in [7, 11) is 0. The summed E-state index contributed by atoms with van der Waals surface area (Å²) in [6.45, 7) is 2.27. The summed E-state index contributed by atoms with van der Waals surface area (Å²) >= 11 is 0. The van der Waals surface area contributed by atoms with Crippen LogP contribution < -0.4 is 10.2 Å². The zero-order valence-corrected chi connectivity index (χ0v) is 16.3. The van der Waals surface area contributed by atoms with Crippen LogP contribution in [0.2, 0.25) is 0 Å². The van der Waals surface area contributed by atoms with E-state index < -0.39 is 5.91 Å². The van der Waals surface area contributed by atoms with Gasteiger partial charge in [0.25, 0.3) is 5.91 Å². The molecule has 0 bridgehead atoms. The average Bonchev–Trinajstić information content (AvgIpc) is 3.26. The highest BCUT2D eigenvalue weighted by molar-refractivity contribution is 5.95. The second-order valence-corrected chi connectivity index (χ2v) is 6.55. The quantitative estimate of drug-likeness (QED) is 0.335. The maximum atomic E-state index is 12.4. The first kappa shape index (κ1) is 19.2. The number of aromatic hydroxyl groups is 1. The summed E-state index contributed by atoms with van der Waals surface area (Å²) in [6.07, 6.45) is 1.36. The number of nitrogens with one attached hydrogen (secondary N) is 2. The molecular weight excluding hydrogens is 380 g/mol. The average molecular weight is 400 g/mol. The molecule has 0 aliphatic heterocycles. The Labute approximate surface area is 173 Å². The highest BCUT2D eigenvalue weighted by atomic mass is 16.5. The molecule has 30 heavy (non-hydrogen) atoms. The van der Waals surface area contributed by atoms with Crippen LogP contribution >= 0.6 is 0 Å². The van der Waals surface area contributed by atoms with Crippen molar-refractivity contribution in [2.24, 2.45) is 5.10 Å². The summed E-state index contributed by atoms with van der Waals surface area (Å²) in [5.74, 6) is -0.106. The Morgan fingerprint density at radius 2 is 1.97 bits per heavy atom. The minimum Gasteiger partial charge on any atom is -0.504 e. The first-order valence-electron chi connectivity index (χ1n) is 9.48. The fraction of sp³-hybridized carbons (Fsp3) is 0.0870. The molecule has 4 rings (SSSR count). The van der Waals surface area contributed by atoms with Gasteiger partial charge in [-0.15, -0.1) is 0 Å². The van der Waals surface area contributed by atoms with Crippen LogP contribution in [0.3, 0.4) is 0 Å². The molecule has 1 aromatic heterocycles. The number of carbonyl (C=O) groups is 1. The first-order valence-corrected chi connectivity index (χ1v) is 9.48. The SMILES string of the molecule is CCOc1cccc(/C=N/NC(=O)c2cc(-c3ccc4ccccc4c3)n[nH]2)c1O. The van der Waals surface area contributed by atoms with E-state index >= 15 is 0 Å². The topological polar surface area (TPSA) is 99.6 Å². The number of para-hydroxylation sites is 1. The lowest BCUT2D eigenvalue weighted by Gasteiger charge is -2.07. The Kier molecular flexibility index (Phi) is 5.43. The van der Waals surface area contributed by atoms with Crippen molar-refractivity contribution in [3.63, 3.8) is 0 Å². The van der Waals surface area contributed by atoms with Gasteiger partial charge in [-0.3, -0.25) is 9.89 Å². The van der Waals surface area contributed by atoms with Gasteiger partial charge in [0, 0.05) is 11.1 Å². The standard InChI is InChI=1S/C23H20N4O3/c1-2-30-21-9-5-8-18(22(21)28)14-24-27-23(29)20-13-19(25-26-20)17-11-10-15-6-3-4-7-16(15)12-17/h3-14,28H,2H2,1H3,(H,25,26)(H,27,29)/b24-14+. The molecule has 0 atom stereocenters. The molecule has 0 radical (unpaired) electrons. The molecule has 0 spiro atoms. The summed E-state index contributed by atoms with van der Waals surface area (Å²) in [6, 6.07) is 20.8. The van der Waals surface area contributed by atoms with Gasteiger partial charge in [-0.25, -0.2) is 5.43 Å². The number of nitrogens with zero attached hydrogens (tertiary/aromatic N) is 2. The largest absolute Gasteiger partial charge is 0.504 e. The van der Waals surface area contributed by atoms with Gasteiger partial charge in [-0.05, 0) is 42.0 Å². The number of ether oxygens (including phenoxy) is 1. The number of hydrazone groups is 1. The van der Waals surface area contributed by atoms with Gasteiger partial charge in [0.1, 0.15) is 5.69 Å². The zero-order chi connectivity index (χ0) is 20.9. The molecule has 1 amide bonds. The van der Waals surface area contributed by atoms with E-state index in [1.165, 1.54) is 6.21 Å². The van der Waals surface area contributed by atoms with Crippen molar-refractivity contribution in [3.05, 3.63) is 78.0 Å². The Morgan fingerprint density at radius 3 is 2.80 bits per heavy atom. The molecule has 0 saturated heterocycles. The van der Waals surface area contributed by atoms with Crippen LogP contribution in [0.1, 0.15) is 23.0 Å². The van der Waals surface area contributed by atoms with Crippen molar-refractivity contribution >= 4 is 22.9 Å². The van der Waals surface area contributed by atoms with Crippen molar-refractivity contribution in [2.45, 2.75) is 6.92 Å². The number of hydrogen-bond acceptors (Lipinski definition) is 5. The third-order valence-electron chi connectivity index (χ3n) is 4.57. The predicted molar refractivity (Wildman–Crippen MR) is 116 cm³/mol. The molecule has 0 fully saturated rings. The van der Waals surface area contributed by atoms with Gasteiger partial charge < -0.3 is 9.84 Å². The van der Waals surface area contributed by atoms with Gasteiger partial charge in [-0.1, -0.05) is 42.5 Å². The molecule has 3 aromatic carbocycles. The number of phenolic OH excluding ortho intramolecular Hbond substituents is 1. The Morgan fingerprint density at radius 1 is 1.13 bits per heavy atom. The number of aromatic nitrogens is 2. The molecule has 4 aromatic rings. The normalized spacial score (nSPS) is 11.1. The van der Waals surface area contributed by atoms with Crippen molar-refractivity contribution < 1.29 is 14.6 Å². The van der Waals surface area contributed by atoms with E-state index in [0.29, 0.717) is 23.6 Å². The summed E-state index contributed by atoms with van der Waals surface area (Å²) in [5, 5.41) is 23.3. The molecule has 0 aliphatic carbocycles. The lowest BCUT2D eigenvalue weighted by Crippen LogP contribution is -2.18. The van der Waals surface area contributed by atoms with Gasteiger partial charge >= 0.3 is 0 Å². The number of H-pyrrole nitrogens is 1. The Balaban J connectivity index is 1.46. The summed E-state index contributed by atoms with van der Waals surface area (Å²) < 4.78 is 5.33. The van der Waals surface area contributed by atoms with Gasteiger partial charge in [0.15, 0.2) is 11.5 Å². The Bertz CT molecular complexity index is 1230. The minimum absolute atomic E-state index is 0.0301. The first-order chi connectivity index (χ1) is 14.7. The maximum Gasteiger partial charge on any atom is 0.289 e. The van der Waals surface area contributed by atoms with E-state index in [-0.39, 0.29) is 11.4 Å². The molecule has 7 heteroatoms. The maximum absolute atomic E-state index is 12.4. The number of rotatable bonds is 6. The molecule has 0 aliphatic rings. The van der Waals surface area contributed by atoms with Gasteiger partial charge in [0.05, 0.1) is 18.5 Å². The molecule has 0 unspecified atom stereocenters. The van der Waals surface area contributed by atoms with Gasteiger partial charge in [0.2, 0.25) is 0 Å². The number of benzene rings is 3. The molecule has 3 N–H and O–H groups in total. The van der Waals surface area contributed by atoms with Crippen LogP contribution in [0, 0.1) is 0 Å². The highest BCUT2D eigenvalue weighted by Crippen LogP contribution is 2.28. The van der Waals surface area contributed by atoms with Crippen molar-refractivity contribution in [2.75, 3.05) is 6.61 Å². The number of hydrogen-bond donors (Lipinski definition) is 3. The lowest BCUT2D eigenvalue weighted by molar-refractivity contribution is 0.0950. The van der Waals surface area contributed by atoms with E-state index in [4.69, 9.17) is 4.74 Å². The third kappa shape index (κ3) is 4.00. The van der Waals surface area contributed by atoms with Crippen LogP contribution in [-0.4, -0.2) is 34.0 Å². The Hall–Kier alpha value is -4.13. The number of phenols is 1. The predicted octanol–water partition coefficient (Wildman–Crippen LogP) is 4.10. The van der Waals surface area contributed by atoms with Gasteiger partial charge in [-0.2, -0.15) is 10.2 Å². The van der Waals surface area contributed by atoms with Crippen LogP contribution in [0.5, 0.6) is 11.5 Å². The summed E-state index contributed by atoms with van der Waals surface area (Å²) in [4.78, 5) is 12.4. The van der Waals surface area contributed by atoms with E-state index in [1.807, 2.05) is 49.4 Å². The minimum atomic E-state index is -0.439. The third-order valence-corrected chi connectivity index (χ3v) is 4.57. The zero-order valence-electron chi connectivity index (χ0n) is 16.3. The molecule has 0 saturated carbocycles. The van der Waals surface area contributed by atoms with Crippen LogP contribution in [-0.2, 0) is 0 Å². The van der Waals surface area contributed by atoms with Crippen LogP contribution in [0.4, 0.5) is 0 Å². The molecular formula is C23H20N4O3. The monoisotopic (exact) mass is 400 g/mol. The fourth-order valence-corrected chi connectivity index (χ4v) is 3.07. The van der Waals surface area contributed by atoms with Crippen molar-refractivity contribution in [3.8, 4) is 22.8 Å². The highest BCUT2D eigenvalue weighted by Gasteiger charge is 2.11. The second-order valence-electron chi connectivity index (χ2n) is 6.55. The second kappa shape index (κ2) is 8.48.